The van der Waals surface area contributed by atoms with Gasteiger partial charge in [0.2, 0.25) is 5.91 Å². The molecule has 3 rings (SSSR count). The molecule has 1 heterocycles. The first-order valence-electron chi connectivity index (χ1n) is 9.50. The van der Waals surface area contributed by atoms with Gasteiger partial charge < -0.3 is 10.6 Å². The number of aromatic nitrogens is 2. The van der Waals surface area contributed by atoms with Gasteiger partial charge in [0.25, 0.3) is 0 Å². The SMILES string of the molecule is Cc1ccccc1-n1nc(C)c(CN(C)C(=O)C2CCCC(N)C2)c1C.Cl. The summed E-state index contributed by atoms with van der Waals surface area (Å²) in [7, 11) is 1.90. The molecular formula is C21H31ClN4O. The molecule has 5 nitrogen and oxygen atoms in total. The molecule has 6 heteroatoms. The predicted molar refractivity (Wildman–Crippen MR) is 111 cm³/mol. The Morgan fingerprint density at radius 1 is 1.26 bits per heavy atom. The Balaban J connectivity index is 0.00000261. The maximum Gasteiger partial charge on any atom is 0.225 e. The lowest BCUT2D eigenvalue weighted by atomic mass is 9.85. The molecule has 2 unspecified atom stereocenters. The molecule has 1 fully saturated rings. The number of carbonyl (C=O) groups excluding carboxylic acids is 1. The van der Waals surface area contributed by atoms with Crippen molar-refractivity contribution in [2.45, 2.75) is 59.0 Å². The van der Waals surface area contributed by atoms with Crippen molar-refractivity contribution in [3.05, 3.63) is 46.8 Å². The molecule has 2 aromatic rings. The predicted octanol–water partition coefficient (Wildman–Crippen LogP) is 3.70. The van der Waals surface area contributed by atoms with E-state index in [-0.39, 0.29) is 30.3 Å². The van der Waals surface area contributed by atoms with Gasteiger partial charge in [-0.3, -0.25) is 4.79 Å². The summed E-state index contributed by atoms with van der Waals surface area (Å²) in [6.07, 6.45) is 3.85. The Morgan fingerprint density at radius 2 is 1.96 bits per heavy atom. The van der Waals surface area contributed by atoms with Gasteiger partial charge in [-0.1, -0.05) is 24.6 Å². The van der Waals surface area contributed by atoms with Gasteiger partial charge in [-0.05, 0) is 51.7 Å². The van der Waals surface area contributed by atoms with Crippen molar-refractivity contribution in [3.63, 3.8) is 0 Å². The lowest BCUT2D eigenvalue weighted by Crippen LogP contribution is -2.38. The highest BCUT2D eigenvalue weighted by molar-refractivity contribution is 5.85. The molecule has 1 aromatic heterocycles. The van der Waals surface area contributed by atoms with E-state index in [1.807, 2.05) is 35.7 Å². The van der Waals surface area contributed by atoms with Crippen LogP contribution in [0.15, 0.2) is 24.3 Å². The first-order valence-corrected chi connectivity index (χ1v) is 9.50. The minimum atomic E-state index is 0. The normalized spacial score (nSPS) is 19.4. The van der Waals surface area contributed by atoms with Crippen LogP contribution in [0.5, 0.6) is 0 Å². The molecule has 1 aliphatic rings. The molecule has 0 saturated heterocycles. The first-order chi connectivity index (χ1) is 12.4. The lowest BCUT2D eigenvalue weighted by molar-refractivity contribution is -0.135. The molecule has 27 heavy (non-hydrogen) atoms. The lowest BCUT2D eigenvalue weighted by Gasteiger charge is -2.29. The molecule has 1 saturated carbocycles. The zero-order valence-electron chi connectivity index (χ0n) is 16.7. The number of para-hydroxylation sites is 1. The molecule has 0 radical (unpaired) electrons. The van der Waals surface area contributed by atoms with Gasteiger partial charge in [-0.25, -0.2) is 4.68 Å². The zero-order valence-corrected chi connectivity index (χ0v) is 17.6. The van der Waals surface area contributed by atoms with Crippen LogP contribution in [0.4, 0.5) is 0 Å². The molecule has 0 aliphatic heterocycles. The van der Waals surface area contributed by atoms with Crippen molar-refractivity contribution in [2.24, 2.45) is 11.7 Å². The highest BCUT2D eigenvalue weighted by atomic mass is 35.5. The Hall–Kier alpha value is -1.85. The Morgan fingerprint density at radius 3 is 2.63 bits per heavy atom. The number of amides is 1. The van der Waals surface area contributed by atoms with Crippen LogP contribution >= 0.6 is 12.4 Å². The fourth-order valence-corrected chi connectivity index (χ4v) is 4.02. The van der Waals surface area contributed by atoms with Crippen molar-refractivity contribution in [1.29, 1.82) is 0 Å². The quantitative estimate of drug-likeness (QED) is 0.865. The summed E-state index contributed by atoms with van der Waals surface area (Å²) in [6.45, 7) is 6.78. The number of carbonyl (C=O) groups is 1. The maximum atomic E-state index is 12.8. The number of hydrogen-bond acceptors (Lipinski definition) is 3. The van der Waals surface area contributed by atoms with Crippen LogP contribution in [0.2, 0.25) is 0 Å². The molecule has 148 valence electrons. The average molecular weight is 391 g/mol. The minimum absolute atomic E-state index is 0. The Bertz CT molecular complexity index is 801. The van der Waals surface area contributed by atoms with E-state index in [0.29, 0.717) is 6.54 Å². The van der Waals surface area contributed by atoms with E-state index < -0.39 is 0 Å². The van der Waals surface area contributed by atoms with E-state index in [0.717, 1.165) is 48.3 Å². The summed E-state index contributed by atoms with van der Waals surface area (Å²) in [6, 6.07) is 8.40. The molecule has 2 N–H and O–H groups in total. The van der Waals surface area contributed by atoms with Crippen LogP contribution in [0, 0.1) is 26.7 Å². The van der Waals surface area contributed by atoms with Crippen LogP contribution in [0.1, 0.15) is 48.2 Å². The monoisotopic (exact) mass is 390 g/mol. The topological polar surface area (TPSA) is 64.2 Å². The van der Waals surface area contributed by atoms with Crippen molar-refractivity contribution in [1.82, 2.24) is 14.7 Å². The third-order valence-electron chi connectivity index (χ3n) is 5.62. The van der Waals surface area contributed by atoms with Gasteiger partial charge in [0, 0.05) is 36.8 Å². The second-order valence-electron chi connectivity index (χ2n) is 7.67. The summed E-state index contributed by atoms with van der Waals surface area (Å²) in [5, 5.41) is 4.74. The fourth-order valence-electron chi connectivity index (χ4n) is 4.02. The number of aryl methyl sites for hydroxylation is 2. The van der Waals surface area contributed by atoms with Crippen LogP contribution in [0.25, 0.3) is 5.69 Å². The third-order valence-corrected chi connectivity index (χ3v) is 5.62. The van der Waals surface area contributed by atoms with Crippen LogP contribution in [-0.2, 0) is 11.3 Å². The highest BCUT2D eigenvalue weighted by Gasteiger charge is 2.28. The molecule has 1 aromatic carbocycles. The van der Waals surface area contributed by atoms with Gasteiger partial charge in [0.15, 0.2) is 0 Å². The zero-order chi connectivity index (χ0) is 18.8. The average Bonchev–Trinajstić information content (AvgIpc) is 2.89. The van der Waals surface area contributed by atoms with Crippen molar-refractivity contribution < 1.29 is 4.79 Å². The first kappa shape index (κ1) is 21.5. The summed E-state index contributed by atoms with van der Waals surface area (Å²) < 4.78 is 1.99. The fraction of sp³-hybridized carbons (Fsp3) is 0.524. The molecule has 2 atom stereocenters. The smallest absolute Gasteiger partial charge is 0.225 e. The van der Waals surface area contributed by atoms with Crippen LogP contribution in [0.3, 0.4) is 0 Å². The second kappa shape index (κ2) is 8.89. The summed E-state index contributed by atoms with van der Waals surface area (Å²) in [5.74, 6) is 0.276. The Labute approximate surface area is 168 Å². The van der Waals surface area contributed by atoms with Crippen molar-refractivity contribution in [2.75, 3.05) is 7.05 Å². The minimum Gasteiger partial charge on any atom is -0.341 e. The van der Waals surface area contributed by atoms with E-state index in [4.69, 9.17) is 10.8 Å². The largest absolute Gasteiger partial charge is 0.341 e. The summed E-state index contributed by atoms with van der Waals surface area (Å²) in [4.78, 5) is 14.7. The number of nitrogens with two attached hydrogens (primary N) is 1. The van der Waals surface area contributed by atoms with Gasteiger partial charge in [-0.15, -0.1) is 12.4 Å². The molecule has 1 amide bonds. The van der Waals surface area contributed by atoms with E-state index in [2.05, 4.69) is 26.0 Å². The van der Waals surface area contributed by atoms with Gasteiger partial charge in [0.05, 0.1) is 11.4 Å². The maximum absolute atomic E-state index is 12.8. The van der Waals surface area contributed by atoms with E-state index in [1.54, 1.807) is 0 Å². The molecule has 1 aliphatic carbocycles. The number of halogens is 1. The Kier molecular flexibility index (Phi) is 7.06. The van der Waals surface area contributed by atoms with Gasteiger partial charge in [-0.2, -0.15) is 5.10 Å². The van der Waals surface area contributed by atoms with Gasteiger partial charge >= 0.3 is 0 Å². The van der Waals surface area contributed by atoms with Crippen LogP contribution in [-0.4, -0.2) is 33.7 Å². The number of hydrogen-bond donors (Lipinski definition) is 1. The van der Waals surface area contributed by atoms with Crippen LogP contribution < -0.4 is 5.73 Å². The molecular weight excluding hydrogens is 360 g/mol. The van der Waals surface area contributed by atoms with E-state index in [9.17, 15) is 4.79 Å². The summed E-state index contributed by atoms with van der Waals surface area (Å²) >= 11 is 0. The molecule has 0 spiro atoms. The highest BCUT2D eigenvalue weighted by Crippen LogP contribution is 2.26. The van der Waals surface area contributed by atoms with E-state index >= 15 is 0 Å². The number of nitrogens with zero attached hydrogens (tertiary/aromatic N) is 3. The second-order valence-corrected chi connectivity index (χ2v) is 7.67. The van der Waals surface area contributed by atoms with E-state index in [1.165, 1.54) is 5.56 Å². The van der Waals surface area contributed by atoms with Gasteiger partial charge in [0.1, 0.15) is 0 Å². The van der Waals surface area contributed by atoms with Crippen molar-refractivity contribution >= 4 is 18.3 Å². The standard InChI is InChI=1S/C21H30N4O.ClH/c1-14-8-5-6-11-20(14)25-16(3)19(15(2)23-25)13-24(4)21(26)17-9-7-10-18(22)12-17;/h5-6,8,11,17-18H,7,9-10,12-13,22H2,1-4H3;1H. The number of benzene rings is 1. The summed E-state index contributed by atoms with van der Waals surface area (Å²) in [5.41, 5.74) is 11.5. The third kappa shape index (κ3) is 4.53. The molecule has 0 bridgehead atoms. The number of rotatable bonds is 4. The van der Waals surface area contributed by atoms with Crippen molar-refractivity contribution in [3.8, 4) is 5.69 Å².